The van der Waals surface area contributed by atoms with Crippen molar-refractivity contribution >= 4 is 5.91 Å². The highest BCUT2D eigenvalue weighted by Crippen LogP contribution is 2.29. The number of nitrogens with one attached hydrogen (secondary N) is 1. The minimum atomic E-state index is -4.78. The van der Waals surface area contributed by atoms with Gasteiger partial charge in [-0.1, -0.05) is 11.2 Å². The lowest BCUT2D eigenvalue weighted by Gasteiger charge is -2.21. The molecule has 1 unspecified atom stereocenters. The predicted molar refractivity (Wildman–Crippen MR) is 87.3 cm³/mol. The molecule has 0 spiro atoms. The molecule has 1 N–H and O–H groups in total. The first-order chi connectivity index (χ1) is 12.7. The van der Waals surface area contributed by atoms with Crippen molar-refractivity contribution in [3.63, 3.8) is 0 Å². The van der Waals surface area contributed by atoms with Crippen LogP contribution >= 0.6 is 0 Å². The second-order valence-corrected chi connectivity index (χ2v) is 6.50. The van der Waals surface area contributed by atoms with Crippen molar-refractivity contribution < 1.29 is 26.9 Å². The predicted octanol–water partition coefficient (Wildman–Crippen LogP) is 3.11. The Labute approximate surface area is 152 Å². The molecule has 3 rings (SSSR count). The Hall–Kier alpha value is -2.49. The summed E-state index contributed by atoms with van der Waals surface area (Å²) in [6.07, 6.45) is -2.53. The second-order valence-electron chi connectivity index (χ2n) is 6.50. The first-order valence-electron chi connectivity index (χ1n) is 8.48. The number of carbonyl (C=O) groups is 1. The Morgan fingerprint density at radius 1 is 1.33 bits per heavy atom. The molecular formula is C17H18F4N4O2. The van der Waals surface area contributed by atoms with Gasteiger partial charge in [0.1, 0.15) is 5.82 Å². The van der Waals surface area contributed by atoms with E-state index in [-0.39, 0.29) is 17.2 Å². The van der Waals surface area contributed by atoms with Gasteiger partial charge in [-0.05, 0) is 45.0 Å². The number of hydrogen-bond acceptors (Lipinski definition) is 5. The molecule has 1 atom stereocenters. The number of rotatable bonds is 5. The van der Waals surface area contributed by atoms with Crippen molar-refractivity contribution in [2.75, 3.05) is 19.6 Å². The molecular weight excluding hydrogens is 368 g/mol. The molecule has 2 heterocycles. The molecule has 10 heteroatoms. The van der Waals surface area contributed by atoms with Gasteiger partial charge in [0.2, 0.25) is 5.82 Å². The standard InChI is InChI=1S/C17H18F4N4O2/c1-10(9-25-6-2-3-7-25)22-15(26)12-5-4-11(8-13(12)18)14-23-16(27-24-14)17(19,20)21/h4-5,8,10H,2-3,6-7,9H2,1H3,(H,22,26). The summed E-state index contributed by atoms with van der Waals surface area (Å²) < 4.78 is 55.9. The van der Waals surface area contributed by atoms with Crippen LogP contribution in [0.25, 0.3) is 11.4 Å². The smallest absolute Gasteiger partial charge is 0.348 e. The third-order valence-corrected chi connectivity index (χ3v) is 4.25. The van der Waals surface area contributed by atoms with Crippen LogP contribution in [0.5, 0.6) is 0 Å². The molecule has 2 aromatic rings. The molecule has 27 heavy (non-hydrogen) atoms. The highest BCUT2D eigenvalue weighted by atomic mass is 19.4. The summed E-state index contributed by atoms with van der Waals surface area (Å²) in [5.74, 6) is -3.39. The van der Waals surface area contributed by atoms with Crippen LogP contribution in [0.3, 0.4) is 0 Å². The van der Waals surface area contributed by atoms with E-state index in [1.807, 2.05) is 6.92 Å². The zero-order chi connectivity index (χ0) is 19.6. The van der Waals surface area contributed by atoms with E-state index in [1.54, 1.807) is 0 Å². The Balaban J connectivity index is 1.68. The summed E-state index contributed by atoms with van der Waals surface area (Å²) in [6, 6.07) is 3.20. The number of carbonyl (C=O) groups excluding carboxylic acids is 1. The lowest BCUT2D eigenvalue weighted by Crippen LogP contribution is -2.41. The van der Waals surface area contributed by atoms with Gasteiger partial charge in [-0.25, -0.2) is 4.39 Å². The molecule has 1 aromatic carbocycles. The molecule has 0 saturated carbocycles. The van der Waals surface area contributed by atoms with Crippen molar-refractivity contribution in [2.24, 2.45) is 0 Å². The molecule has 0 bridgehead atoms. The highest BCUT2D eigenvalue weighted by Gasteiger charge is 2.38. The fraction of sp³-hybridized carbons (Fsp3) is 0.471. The van der Waals surface area contributed by atoms with Gasteiger partial charge in [0.15, 0.2) is 0 Å². The van der Waals surface area contributed by atoms with E-state index < -0.39 is 29.6 Å². The Kier molecular flexibility index (Phi) is 5.45. The van der Waals surface area contributed by atoms with Gasteiger partial charge < -0.3 is 14.7 Å². The number of aromatic nitrogens is 2. The normalized spacial score (nSPS) is 16.5. The van der Waals surface area contributed by atoms with Gasteiger partial charge in [0.25, 0.3) is 5.91 Å². The van der Waals surface area contributed by atoms with E-state index in [0.29, 0.717) is 6.54 Å². The number of halogens is 4. The first-order valence-corrected chi connectivity index (χ1v) is 8.48. The van der Waals surface area contributed by atoms with Gasteiger partial charge in [-0.3, -0.25) is 4.79 Å². The highest BCUT2D eigenvalue weighted by molar-refractivity contribution is 5.95. The lowest BCUT2D eigenvalue weighted by atomic mass is 10.1. The topological polar surface area (TPSA) is 71.3 Å². The van der Waals surface area contributed by atoms with E-state index in [4.69, 9.17) is 0 Å². The maximum Gasteiger partial charge on any atom is 0.471 e. The van der Waals surface area contributed by atoms with E-state index in [1.165, 1.54) is 12.1 Å². The minimum absolute atomic E-state index is 0.0200. The molecule has 146 valence electrons. The number of likely N-dealkylation sites (tertiary alicyclic amines) is 1. The van der Waals surface area contributed by atoms with Crippen LogP contribution in [0.2, 0.25) is 0 Å². The summed E-state index contributed by atoms with van der Waals surface area (Å²) >= 11 is 0. The average molecular weight is 386 g/mol. The van der Waals surface area contributed by atoms with Crippen LogP contribution < -0.4 is 5.32 Å². The molecule has 1 saturated heterocycles. The molecule has 0 radical (unpaired) electrons. The average Bonchev–Trinajstić information content (AvgIpc) is 3.25. The Bertz CT molecular complexity index is 816. The molecule has 1 fully saturated rings. The zero-order valence-corrected chi connectivity index (χ0v) is 14.5. The number of nitrogens with zero attached hydrogens (tertiary/aromatic N) is 3. The third-order valence-electron chi connectivity index (χ3n) is 4.25. The third kappa shape index (κ3) is 4.62. The minimum Gasteiger partial charge on any atom is -0.348 e. The van der Waals surface area contributed by atoms with Gasteiger partial charge in [0, 0.05) is 18.2 Å². The molecule has 6 nitrogen and oxygen atoms in total. The Morgan fingerprint density at radius 3 is 2.63 bits per heavy atom. The summed E-state index contributed by atoms with van der Waals surface area (Å²) in [6.45, 7) is 4.47. The van der Waals surface area contributed by atoms with Crippen molar-refractivity contribution in [2.45, 2.75) is 32.0 Å². The van der Waals surface area contributed by atoms with Crippen molar-refractivity contribution in [3.05, 3.63) is 35.5 Å². The van der Waals surface area contributed by atoms with Crippen molar-refractivity contribution in [3.8, 4) is 11.4 Å². The zero-order valence-electron chi connectivity index (χ0n) is 14.5. The summed E-state index contributed by atoms with van der Waals surface area (Å²) in [7, 11) is 0. The van der Waals surface area contributed by atoms with Gasteiger partial charge in [-0.2, -0.15) is 18.2 Å². The van der Waals surface area contributed by atoms with E-state index >= 15 is 0 Å². The molecule has 1 amide bonds. The maximum absolute atomic E-state index is 14.3. The molecule has 0 aliphatic carbocycles. The van der Waals surface area contributed by atoms with Crippen LogP contribution in [-0.2, 0) is 6.18 Å². The first kappa shape index (κ1) is 19.3. The monoisotopic (exact) mass is 386 g/mol. The summed E-state index contributed by atoms with van der Waals surface area (Å²) in [4.78, 5) is 17.7. The summed E-state index contributed by atoms with van der Waals surface area (Å²) in [5, 5.41) is 5.92. The summed E-state index contributed by atoms with van der Waals surface area (Å²) in [5.41, 5.74) is -0.222. The molecule has 1 aliphatic rings. The van der Waals surface area contributed by atoms with Gasteiger partial charge in [0.05, 0.1) is 5.56 Å². The molecule has 1 aromatic heterocycles. The van der Waals surface area contributed by atoms with Crippen molar-refractivity contribution in [1.82, 2.24) is 20.4 Å². The number of hydrogen-bond donors (Lipinski definition) is 1. The number of benzene rings is 1. The maximum atomic E-state index is 14.3. The van der Waals surface area contributed by atoms with Crippen LogP contribution in [-0.4, -0.2) is 46.6 Å². The van der Waals surface area contributed by atoms with E-state index in [2.05, 4.69) is 24.9 Å². The van der Waals surface area contributed by atoms with Crippen LogP contribution in [0.15, 0.2) is 22.7 Å². The SMILES string of the molecule is CC(CN1CCCC1)NC(=O)c1ccc(-c2noc(C(F)(F)F)n2)cc1F. The van der Waals surface area contributed by atoms with Crippen LogP contribution in [0.1, 0.15) is 36.0 Å². The number of amides is 1. The fourth-order valence-electron chi connectivity index (χ4n) is 2.99. The quantitative estimate of drug-likeness (QED) is 0.800. The Morgan fingerprint density at radius 2 is 2.04 bits per heavy atom. The fourth-order valence-corrected chi connectivity index (χ4v) is 2.99. The van der Waals surface area contributed by atoms with Crippen LogP contribution in [0.4, 0.5) is 17.6 Å². The number of alkyl halides is 3. The van der Waals surface area contributed by atoms with Gasteiger partial charge >= 0.3 is 12.1 Å². The lowest BCUT2D eigenvalue weighted by molar-refractivity contribution is -0.159. The second kappa shape index (κ2) is 7.63. The van der Waals surface area contributed by atoms with E-state index in [9.17, 15) is 22.4 Å². The van der Waals surface area contributed by atoms with Gasteiger partial charge in [-0.15, -0.1) is 0 Å². The molecule has 1 aliphatic heterocycles. The largest absolute Gasteiger partial charge is 0.471 e. The van der Waals surface area contributed by atoms with E-state index in [0.717, 1.165) is 32.0 Å². The van der Waals surface area contributed by atoms with Crippen molar-refractivity contribution in [1.29, 1.82) is 0 Å². The van der Waals surface area contributed by atoms with Crippen LogP contribution in [0, 0.1) is 5.82 Å².